The summed E-state index contributed by atoms with van der Waals surface area (Å²) in [6.07, 6.45) is 1.42. The highest BCUT2D eigenvalue weighted by molar-refractivity contribution is 5.16. The number of nitriles is 1. The Kier molecular flexibility index (Phi) is 2.02. The Morgan fingerprint density at radius 1 is 1.77 bits per heavy atom. The zero-order valence-corrected chi connectivity index (χ0v) is 7.26. The van der Waals surface area contributed by atoms with Crippen LogP contribution in [0.25, 0.3) is 0 Å². The molecule has 0 bridgehead atoms. The molecule has 0 spiro atoms. The van der Waals surface area contributed by atoms with Gasteiger partial charge in [0.1, 0.15) is 0 Å². The third-order valence-electron chi connectivity index (χ3n) is 1.61. The van der Waals surface area contributed by atoms with Crippen LogP contribution in [0.2, 0.25) is 0 Å². The summed E-state index contributed by atoms with van der Waals surface area (Å²) in [4.78, 5) is 9.68. The molecule has 0 aliphatic heterocycles. The van der Waals surface area contributed by atoms with Gasteiger partial charge in [-0.25, -0.2) is 0 Å². The van der Waals surface area contributed by atoms with Crippen LogP contribution >= 0.6 is 0 Å². The summed E-state index contributed by atoms with van der Waals surface area (Å²) in [5, 5.41) is 22.6. The number of aromatic nitrogens is 2. The number of nitrogens with zero attached hydrogens (tertiary/aromatic N) is 4. The van der Waals surface area contributed by atoms with Crippen LogP contribution in [0.1, 0.15) is 13.8 Å². The topological polar surface area (TPSA) is 84.8 Å². The van der Waals surface area contributed by atoms with Gasteiger partial charge in [-0.1, -0.05) is 0 Å². The lowest BCUT2D eigenvalue weighted by atomic mass is 10.1. The molecule has 0 radical (unpaired) electrons. The van der Waals surface area contributed by atoms with Gasteiger partial charge in [0.2, 0.25) is 0 Å². The lowest BCUT2D eigenvalue weighted by Gasteiger charge is -2.10. The Balaban J connectivity index is 3.07. The van der Waals surface area contributed by atoms with Crippen molar-refractivity contribution in [2.24, 2.45) is 0 Å². The highest BCUT2D eigenvalue weighted by atomic mass is 16.6. The molecule has 1 aromatic heterocycles. The molecule has 0 aliphatic rings. The van der Waals surface area contributed by atoms with E-state index in [-0.39, 0.29) is 5.82 Å². The molecule has 0 aliphatic carbocycles. The van der Waals surface area contributed by atoms with Gasteiger partial charge in [-0.15, -0.1) is 0 Å². The zero-order valence-electron chi connectivity index (χ0n) is 7.26. The number of rotatable bonds is 2. The van der Waals surface area contributed by atoms with E-state index in [1.807, 2.05) is 6.07 Å². The van der Waals surface area contributed by atoms with E-state index in [9.17, 15) is 10.1 Å². The SMILES string of the molecule is CC(C)(C#N)n1ccc([N+](=O)[O-])n1. The van der Waals surface area contributed by atoms with Crippen LogP contribution in [0.5, 0.6) is 0 Å². The molecule has 0 atom stereocenters. The van der Waals surface area contributed by atoms with Gasteiger partial charge >= 0.3 is 5.82 Å². The molecule has 0 fully saturated rings. The van der Waals surface area contributed by atoms with Crippen molar-refractivity contribution < 1.29 is 4.92 Å². The molecule has 1 heterocycles. The predicted octanol–water partition coefficient (Wildman–Crippen LogP) is 1.05. The van der Waals surface area contributed by atoms with E-state index in [0.717, 1.165) is 0 Å². The summed E-state index contributed by atoms with van der Waals surface area (Å²) < 4.78 is 1.27. The second kappa shape index (κ2) is 2.86. The van der Waals surface area contributed by atoms with Crippen molar-refractivity contribution in [2.45, 2.75) is 19.4 Å². The summed E-state index contributed by atoms with van der Waals surface area (Å²) in [5.74, 6) is -0.247. The Bertz CT molecular complexity index is 374. The summed E-state index contributed by atoms with van der Waals surface area (Å²) in [6.45, 7) is 3.26. The fraction of sp³-hybridized carbons (Fsp3) is 0.429. The maximum Gasteiger partial charge on any atom is 0.389 e. The van der Waals surface area contributed by atoms with Crippen LogP contribution in [0.15, 0.2) is 12.3 Å². The summed E-state index contributed by atoms with van der Waals surface area (Å²) in [7, 11) is 0. The summed E-state index contributed by atoms with van der Waals surface area (Å²) in [6, 6.07) is 3.25. The van der Waals surface area contributed by atoms with Gasteiger partial charge in [0.15, 0.2) is 5.54 Å². The monoisotopic (exact) mass is 180 g/mol. The van der Waals surface area contributed by atoms with E-state index in [0.29, 0.717) is 0 Å². The molecule has 13 heavy (non-hydrogen) atoms. The lowest BCUT2D eigenvalue weighted by molar-refractivity contribution is -0.389. The molecule has 0 amide bonds. The summed E-state index contributed by atoms with van der Waals surface area (Å²) in [5.41, 5.74) is -0.853. The molecule has 6 nitrogen and oxygen atoms in total. The van der Waals surface area contributed by atoms with Gasteiger partial charge in [-0.2, -0.15) is 9.94 Å². The maximum absolute atomic E-state index is 10.3. The van der Waals surface area contributed by atoms with Gasteiger partial charge < -0.3 is 10.1 Å². The Labute approximate surface area is 74.5 Å². The van der Waals surface area contributed by atoms with Crippen LogP contribution in [0.3, 0.4) is 0 Å². The molecule has 6 heteroatoms. The van der Waals surface area contributed by atoms with E-state index >= 15 is 0 Å². The first-order valence-electron chi connectivity index (χ1n) is 3.59. The molecule has 0 saturated heterocycles. The maximum atomic E-state index is 10.3. The van der Waals surface area contributed by atoms with E-state index < -0.39 is 10.5 Å². The first-order valence-corrected chi connectivity index (χ1v) is 3.59. The molecule has 0 N–H and O–H groups in total. The number of hydrogen-bond acceptors (Lipinski definition) is 4. The lowest BCUT2D eigenvalue weighted by Crippen LogP contribution is -2.24. The highest BCUT2D eigenvalue weighted by Crippen LogP contribution is 2.15. The fourth-order valence-corrected chi connectivity index (χ4v) is 0.774. The van der Waals surface area contributed by atoms with Gasteiger partial charge in [-0.3, -0.25) is 0 Å². The molecule has 68 valence electrons. The van der Waals surface area contributed by atoms with E-state index in [4.69, 9.17) is 5.26 Å². The van der Waals surface area contributed by atoms with Crippen molar-refractivity contribution in [3.63, 3.8) is 0 Å². The minimum Gasteiger partial charge on any atom is -0.358 e. The van der Waals surface area contributed by atoms with Crippen molar-refractivity contribution in [1.29, 1.82) is 5.26 Å². The van der Waals surface area contributed by atoms with Crippen molar-refractivity contribution in [3.8, 4) is 6.07 Å². The molecular weight excluding hydrogens is 172 g/mol. The van der Waals surface area contributed by atoms with Crippen LogP contribution in [0.4, 0.5) is 5.82 Å². The molecule has 0 saturated carbocycles. The van der Waals surface area contributed by atoms with Crippen LogP contribution in [0, 0.1) is 21.4 Å². The normalized spacial score (nSPS) is 10.8. The van der Waals surface area contributed by atoms with E-state index in [1.165, 1.54) is 16.9 Å². The van der Waals surface area contributed by atoms with Gasteiger partial charge in [0, 0.05) is 0 Å². The fourth-order valence-electron chi connectivity index (χ4n) is 0.774. The van der Waals surface area contributed by atoms with E-state index in [2.05, 4.69) is 5.10 Å². The first-order chi connectivity index (χ1) is 5.97. The minimum absolute atomic E-state index is 0.247. The van der Waals surface area contributed by atoms with Crippen molar-refractivity contribution in [1.82, 2.24) is 9.78 Å². The van der Waals surface area contributed by atoms with Gasteiger partial charge in [-0.05, 0) is 18.8 Å². The van der Waals surface area contributed by atoms with Crippen molar-refractivity contribution in [2.75, 3.05) is 0 Å². The average Bonchev–Trinajstić information content (AvgIpc) is 2.52. The minimum atomic E-state index is -0.853. The van der Waals surface area contributed by atoms with Crippen LogP contribution < -0.4 is 0 Å². The third-order valence-corrected chi connectivity index (χ3v) is 1.61. The largest absolute Gasteiger partial charge is 0.389 e. The quantitative estimate of drug-likeness (QED) is 0.502. The zero-order chi connectivity index (χ0) is 10.1. The second-order valence-corrected chi connectivity index (χ2v) is 3.05. The molecule has 0 unspecified atom stereocenters. The third kappa shape index (κ3) is 1.64. The Morgan fingerprint density at radius 3 is 2.77 bits per heavy atom. The number of nitro groups is 1. The van der Waals surface area contributed by atoms with Gasteiger partial charge in [0.25, 0.3) is 0 Å². The molecule has 1 rings (SSSR count). The van der Waals surface area contributed by atoms with Crippen molar-refractivity contribution >= 4 is 5.82 Å². The highest BCUT2D eigenvalue weighted by Gasteiger charge is 2.25. The molecule has 0 aromatic carbocycles. The van der Waals surface area contributed by atoms with Crippen LogP contribution in [-0.2, 0) is 5.54 Å². The average molecular weight is 180 g/mol. The van der Waals surface area contributed by atoms with Crippen molar-refractivity contribution in [3.05, 3.63) is 22.4 Å². The summed E-state index contributed by atoms with van der Waals surface area (Å²) >= 11 is 0. The van der Waals surface area contributed by atoms with E-state index in [1.54, 1.807) is 13.8 Å². The molecule has 1 aromatic rings. The Hall–Kier alpha value is -1.90. The Morgan fingerprint density at radius 2 is 2.38 bits per heavy atom. The van der Waals surface area contributed by atoms with Crippen LogP contribution in [-0.4, -0.2) is 14.7 Å². The first kappa shape index (κ1) is 9.19. The molecular formula is C7H8N4O2. The predicted molar refractivity (Wildman–Crippen MR) is 43.8 cm³/mol. The van der Waals surface area contributed by atoms with Gasteiger partial charge in [0.05, 0.1) is 23.4 Å². The smallest absolute Gasteiger partial charge is 0.358 e. The standard InChI is InChI=1S/C7H8N4O2/c1-7(2,5-8)10-4-3-6(9-10)11(12)13/h3-4H,1-2H3. The second-order valence-electron chi connectivity index (χ2n) is 3.05. The number of hydrogen-bond donors (Lipinski definition) is 0.